The number of amides is 1. The van der Waals surface area contributed by atoms with Gasteiger partial charge in [0.2, 0.25) is 4.80 Å². The molecule has 31 heavy (non-hydrogen) atoms. The van der Waals surface area contributed by atoms with Gasteiger partial charge >= 0.3 is 6.18 Å². The van der Waals surface area contributed by atoms with E-state index in [0.29, 0.717) is 11.3 Å². The second-order valence-electron chi connectivity index (χ2n) is 8.47. The SMILES string of the molecule is CCCCn1nc(C(C)(C)C)sc1=NC(=O)c1cc(C(F)(F)F)ccc1N=NC(C)C. The number of carbonyl (C=O) groups is 1. The van der Waals surface area contributed by atoms with Crippen molar-refractivity contribution >= 4 is 22.9 Å². The topological polar surface area (TPSA) is 72.0 Å². The van der Waals surface area contributed by atoms with Gasteiger partial charge in [0, 0.05) is 12.0 Å². The summed E-state index contributed by atoms with van der Waals surface area (Å²) < 4.78 is 41.4. The summed E-state index contributed by atoms with van der Waals surface area (Å²) >= 11 is 1.26. The first-order chi connectivity index (χ1) is 14.3. The molecular formula is C21H28F3N5OS. The molecule has 0 unspecified atom stereocenters. The summed E-state index contributed by atoms with van der Waals surface area (Å²) in [6.07, 6.45) is -2.82. The van der Waals surface area contributed by atoms with Gasteiger partial charge in [-0.2, -0.15) is 33.5 Å². The van der Waals surface area contributed by atoms with Crippen LogP contribution in [0.5, 0.6) is 0 Å². The van der Waals surface area contributed by atoms with Crippen molar-refractivity contribution in [2.45, 2.75) is 78.6 Å². The molecule has 0 aliphatic rings. The maximum Gasteiger partial charge on any atom is 0.416 e. The average Bonchev–Trinajstić information content (AvgIpc) is 3.06. The number of rotatable bonds is 6. The minimum absolute atomic E-state index is 0.0520. The quantitative estimate of drug-likeness (QED) is 0.480. The van der Waals surface area contributed by atoms with Crippen LogP contribution in [-0.4, -0.2) is 21.7 Å². The number of alkyl halides is 3. The van der Waals surface area contributed by atoms with Gasteiger partial charge in [-0.3, -0.25) is 4.79 Å². The fourth-order valence-corrected chi connectivity index (χ4v) is 3.43. The Hall–Kier alpha value is -2.36. The Morgan fingerprint density at radius 1 is 1.23 bits per heavy atom. The molecule has 0 radical (unpaired) electrons. The third kappa shape index (κ3) is 6.81. The molecule has 1 amide bonds. The van der Waals surface area contributed by atoms with Crippen LogP contribution in [-0.2, 0) is 18.1 Å². The summed E-state index contributed by atoms with van der Waals surface area (Å²) in [6.45, 7) is 12.2. The lowest BCUT2D eigenvalue weighted by Gasteiger charge is -2.12. The monoisotopic (exact) mass is 455 g/mol. The van der Waals surface area contributed by atoms with E-state index in [2.05, 4.69) is 20.3 Å². The third-order valence-corrected chi connectivity index (χ3v) is 5.51. The number of benzene rings is 1. The lowest BCUT2D eigenvalue weighted by molar-refractivity contribution is -0.137. The van der Waals surface area contributed by atoms with Gasteiger partial charge in [-0.15, -0.1) is 0 Å². The van der Waals surface area contributed by atoms with Gasteiger partial charge in [0.05, 0.1) is 22.9 Å². The summed E-state index contributed by atoms with van der Waals surface area (Å²) in [5, 5.41) is 13.3. The molecule has 1 aromatic heterocycles. The van der Waals surface area contributed by atoms with Crippen LogP contribution >= 0.6 is 11.3 Å². The van der Waals surface area contributed by atoms with Crippen molar-refractivity contribution in [3.8, 4) is 0 Å². The number of azo groups is 1. The van der Waals surface area contributed by atoms with Crippen LogP contribution in [0.25, 0.3) is 0 Å². The van der Waals surface area contributed by atoms with Gasteiger partial charge < -0.3 is 0 Å². The standard InChI is InChI=1S/C21H28F3N5OS/c1-7-8-11-29-19(31-18(28-29)20(4,5)6)25-17(30)15-12-14(21(22,23)24)9-10-16(15)27-26-13(2)3/h9-10,12-13H,7-8,11H2,1-6H3. The van der Waals surface area contributed by atoms with Crippen LogP contribution in [0.15, 0.2) is 33.4 Å². The minimum Gasteiger partial charge on any atom is -0.267 e. The first kappa shape index (κ1) is 24.9. The van der Waals surface area contributed by atoms with E-state index in [1.54, 1.807) is 18.5 Å². The first-order valence-corrected chi connectivity index (χ1v) is 10.9. The van der Waals surface area contributed by atoms with Gasteiger partial charge in [-0.05, 0) is 38.5 Å². The Morgan fingerprint density at radius 2 is 1.90 bits per heavy atom. The van der Waals surface area contributed by atoms with Crippen molar-refractivity contribution in [3.05, 3.63) is 39.1 Å². The molecular weight excluding hydrogens is 427 g/mol. The number of hydrogen-bond acceptors (Lipinski definition) is 5. The molecule has 0 bridgehead atoms. The number of hydrogen-bond donors (Lipinski definition) is 0. The summed E-state index contributed by atoms with van der Waals surface area (Å²) in [7, 11) is 0. The van der Waals surface area contributed by atoms with Crippen molar-refractivity contribution in [2.24, 2.45) is 15.2 Å². The van der Waals surface area contributed by atoms with E-state index in [-0.39, 0.29) is 22.7 Å². The van der Waals surface area contributed by atoms with Gasteiger partial charge in [-0.1, -0.05) is 45.5 Å². The molecule has 0 N–H and O–H groups in total. The van der Waals surface area contributed by atoms with E-state index in [1.165, 1.54) is 11.3 Å². The van der Waals surface area contributed by atoms with Gasteiger partial charge in [0.15, 0.2) is 0 Å². The Labute approximate surface area is 183 Å². The fraction of sp³-hybridized carbons (Fsp3) is 0.571. The largest absolute Gasteiger partial charge is 0.416 e. The Kier molecular flexibility index (Phi) is 7.91. The lowest BCUT2D eigenvalue weighted by atomic mass is 9.98. The van der Waals surface area contributed by atoms with Crippen LogP contribution in [0.4, 0.5) is 18.9 Å². The van der Waals surface area contributed by atoms with Crippen LogP contribution in [0.1, 0.15) is 75.3 Å². The molecule has 0 saturated carbocycles. The zero-order valence-electron chi connectivity index (χ0n) is 18.6. The van der Waals surface area contributed by atoms with E-state index >= 15 is 0 Å². The van der Waals surface area contributed by atoms with Gasteiger partial charge in [0.25, 0.3) is 5.91 Å². The summed E-state index contributed by atoms with van der Waals surface area (Å²) in [6, 6.07) is 2.64. The van der Waals surface area contributed by atoms with E-state index in [4.69, 9.17) is 0 Å². The summed E-state index contributed by atoms with van der Waals surface area (Å²) in [4.78, 5) is 17.5. The molecule has 0 atom stereocenters. The Balaban J connectivity index is 2.61. The molecule has 0 fully saturated rings. The van der Waals surface area contributed by atoms with Crippen LogP contribution in [0, 0.1) is 0 Å². The molecule has 170 valence electrons. The number of aryl methyl sites for hydroxylation is 1. The third-order valence-electron chi connectivity index (χ3n) is 4.13. The molecule has 1 aromatic carbocycles. The van der Waals surface area contributed by atoms with Crippen molar-refractivity contribution in [1.29, 1.82) is 0 Å². The van der Waals surface area contributed by atoms with Gasteiger partial charge in [0.1, 0.15) is 5.01 Å². The van der Waals surface area contributed by atoms with E-state index in [9.17, 15) is 18.0 Å². The van der Waals surface area contributed by atoms with Crippen LogP contribution < -0.4 is 4.80 Å². The highest BCUT2D eigenvalue weighted by Gasteiger charge is 2.32. The van der Waals surface area contributed by atoms with Crippen molar-refractivity contribution < 1.29 is 18.0 Å². The number of unbranched alkanes of at least 4 members (excludes halogenated alkanes) is 1. The predicted octanol–water partition coefficient (Wildman–Crippen LogP) is 6.29. The second-order valence-corrected chi connectivity index (χ2v) is 9.43. The van der Waals surface area contributed by atoms with Crippen molar-refractivity contribution in [2.75, 3.05) is 0 Å². The molecule has 2 rings (SSSR count). The smallest absolute Gasteiger partial charge is 0.267 e. The highest BCUT2D eigenvalue weighted by molar-refractivity contribution is 7.09. The van der Waals surface area contributed by atoms with Crippen molar-refractivity contribution in [3.63, 3.8) is 0 Å². The Bertz CT molecular complexity index is 1010. The van der Waals surface area contributed by atoms with Gasteiger partial charge in [-0.25, -0.2) is 4.68 Å². The first-order valence-electron chi connectivity index (χ1n) is 10.1. The molecule has 0 aliphatic carbocycles. The maximum absolute atomic E-state index is 13.2. The normalized spacial score (nSPS) is 13.5. The van der Waals surface area contributed by atoms with Crippen LogP contribution in [0.2, 0.25) is 0 Å². The van der Waals surface area contributed by atoms with E-state index in [0.717, 1.165) is 36.0 Å². The van der Waals surface area contributed by atoms with E-state index < -0.39 is 17.6 Å². The summed E-state index contributed by atoms with van der Waals surface area (Å²) in [5.41, 5.74) is -1.38. The number of nitrogens with zero attached hydrogens (tertiary/aromatic N) is 5. The number of aromatic nitrogens is 2. The zero-order valence-corrected chi connectivity index (χ0v) is 19.4. The minimum atomic E-state index is -4.59. The highest BCUT2D eigenvalue weighted by atomic mass is 32.1. The molecule has 6 nitrogen and oxygen atoms in total. The molecule has 0 aliphatic heterocycles. The molecule has 0 saturated heterocycles. The highest BCUT2D eigenvalue weighted by Crippen LogP contribution is 2.33. The molecule has 0 spiro atoms. The zero-order chi connectivity index (χ0) is 23.4. The van der Waals surface area contributed by atoms with Crippen molar-refractivity contribution in [1.82, 2.24) is 9.78 Å². The molecule has 1 heterocycles. The second kappa shape index (κ2) is 9.84. The number of halogens is 3. The number of carbonyl (C=O) groups excluding carboxylic acids is 1. The Morgan fingerprint density at radius 3 is 2.45 bits per heavy atom. The van der Waals surface area contributed by atoms with E-state index in [1.807, 2.05) is 27.7 Å². The predicted molar refractivity (Wildman–Crippen MR) is 115 cm³/mol. The molecule has 10 heteroatoms. The van der Waals surface area contributed by atoms with Crippen LogP contribution in [0.3, 0.4) is 0 Å². The lowest BCUT2D eigenvalue weighted by Crippen LogP contribution is -2.19. The maximum atomic E-state index is 13.2. The fourth-order valence-electron chi connectivity index (χ4n) is 2.44. The summed E-state index contributed by atoms with van der Waals surface area (Å²) in [5.74, 6) is -0.807. The average molecular weight is 456 g/mol. The molecule has 2 aromatic rings.